The first-order valence-corrected chi connectivity index (χ1v) is 5.46. The quantitative estimate of drug-likeness (QED) is 0.768. The Kier molecular flexibility index (Phi) is 2.86. The average Bonchev–Trinajstić information content (AvgIpc) is 2.29. The predicted molar refractivity (Wildman–Crippen MR) is 61.6 cm³/mol. The second-order valence-electron chi connectivity index (χ2n) is 4.04. The van der Waals surface area contributed by atoms with Crippen LogP contribution in [0.5, 0.6) is 11.5 Å². The van der Waals surface area contributed by atoms with Gasteiger partial charge < -0.3 is 9.47 Å². The number of carbonyl (C=O) groups is 1. The molecular weight excluding hydrogens is 204 g/mol. The number of hydrogen-bond donors (Lipinski definition) is 0. The number of carbonyl (C=O) groups excluding carboxylic acids is 1. The number of methoxy groups -OCH3 is 2. The van der Waals surface area contributed by atoms with E-state index in [1.165, 1.54) is 0 Å². The molecular formula is C13H16O3. The van der Waals surface area contributed by atoms with Crippen molar-refractivity contribution in [1.82, 2.24) is 0 Å². The van der Waals surface area contributed by atoms with Crippen LogP contribution in [0.4, 0.5) is 0 Å². The van der Waals surface area contributed by atoms with E-state index in [-0.39, 0.29) is 5.78 Å². The van der Waals surface area contributed by atoms with Gasteiger partial charge in [0.05, 0.1) is 14.2 Å². The maximum atomic E-state index is 11.8. The normalized spacial score (nSPS) is 14.6. The molecule has 16 heavy (non-hydrogen) atoms. The summed E-state index contributed by atoms with van der Waals surface area (Å²) < 4.78 is 10.7. The third kappa shape index (κ3) is 1.56. The van der Waals surface area contributed by atoms with Gasteiger partial charge in [0.25, 0.3) is 0 Å². The average molecular weight is 220 g/mol. The van der Waals surface area contributed by atoms with E-state index in [0.29, 0.717) is 6.42 Å². The SMILES string of the molecule is COc1cc2c(c(OC)c1C)CCCC2=O. The molecule has 1 aromatic rings. The van der Waals surface area contributed by atoms with Crippen molar-refractivity contribution >= 4 is 5.78 Å². The van der Waals surface area contributed by atoms with Crippen LogP contribution >= 0.6 is 0 Å². The summed E-state index contributed by atoms with van der Waals surface area (Å²) in [6.07, 6.45) is 2.45. The summed E-state index contributed by atoms with van der Waals surface area (Å²) in [6, 6.07) is 1.84. The first-order chi connectivity index (χ1) is 7.69. The molecule has 0 saturated carbocycles. The molecule has 0 fully saturated rings. The first kappa shape index (κ1) is 11.0. The summed E-state index contributed by atoms with van der Waals surface area (Å²) in [5, 5.41) is 0. The fourth-order valence-electron chi connectivity index (χ4n) is 2.33. The second kappa shape index (κ2) is 4.16. The fraction of sp³-hybridized carbons (Fsp3) is 0.462. The molecule has 0 unspecified atom stereocenters. The van der Waals surface area contributed by atoms with Crippen LogP contribution < -0.4 is 9.47 Å². The molecule has 86 valence electrons. The van der Waals surface area contributed by atoms with E-state index in [0.717, 1.165) is 41.0 Å². The minimum atomic E-state index is 0.192. The Balaban J connectivity index is 2.67. The van der Waals surface area contributed by atoms with E-state index >= 15 is 0 Å². The molecule has 2 rings (SSSR count). The van der Waals surface area contributed by atoms with Gasteiger partial charge in [0.15, 0.2) is 5.78 Å². The molecule has 0 spiro atoms. The van der Waals surface area contributed by atoms with Crippen molar-refractivity contribution in [2.75, 3.05) is 14.2 Å². The Morgan fingerprint density at radius 2 is 1.94 bits per heavy atom. The lowest BCUT2D eigenvalue weighted by atomic mass is 9.88. The number of ether oxygens (including phenoxy) is 2. The predicted octanol–water partition coefficient (Wildman–Crippen LogP) is 2.53. The summed E-state index contributed by atoms with van der Waals surface area (Å²) in [7, 11) is 3.25. The second-order valence-corrected chi connectivity index (χ2v) is 4.04. The van der Waals surface area contributed by atoms with E-state index in [9.17, 15) is 4.79 Å². The van der Waals surface area contributed by atoms with E-state index < -0.39 is 0 Å². The first-order valence-electron chi connectivity index (χ1n) is 5.46. The Labute approximate surface area is 95.4 Å². The highest BCUT2D eigenvalue weighted by atomic mass is 16.5. The van der Waals surface area contributed by atoms with Gasteiger partial charge in [-0.3, -0.25) is 4.79 Å². The number of Topliss-reactive ketones (excluding diaryl/α,β-unsaturated/α-hetero) is 1. The lowest BCUT2D eigenvalue weighted by Gasteiger charge is -2.21. The zero-order valence-electron chi connectivity index (χ0n) is 9.92. The van der Waals surface area contributed by atoms with E-state index in [2.05, 4.69) is 0 Å². The van der Waals surface area contributed by atoms with Crippen molar-refractivity contribution in [1.29, 1.82) is 0 Å². The van der Waals surface area contributed by atoms with Gasteiger partial charge in [0.1, 0.15) is 11.5 Å². The number of fused-ring (bicyclic) bond motifs is 1. The molecule has 0 radical (unpaired) electrons. The Hall–Kier alpha value is -1.51. The Morgan fingerprint density at radius 1 is 1.19 bits per heavy atom. The van der Waals surface area contributed by atoms with Gasteiger partial charge in [-0.25, -0.2) is 0 Å². The third-order valence-electron chi connectivity index (χ3n) is 3.14. The molecule has 0 bridgehead atoms. The van der Waals surface area contributed by atoms with Crippen LogP contribution in [-0.4, -0.2) is 20.0 Å². The monoisotopic (exact) mass is 220 g/mol. The number of rotatable bonds is 2. The van der Waals surface area contributed by atoms with Crippen LogP contribution in [0.3, 0.4) is 0 Å². The van der Waals surface area contributed by atoms with Crippen molar-refractivity contribution in [3.8, 4) is 11.5 Å². The molecule has 3 heteroatoms. The molecule has 0 heterocycles. The van der Waals surface area contributed by atoms with E-state index in [1.54, 1.807) is 14.2 Å². The number of ketones is 1. The molecule has 0 N–H and O–H groups in total. The van der Waals surface area contributed by atoms with Crippen LogP contribution in [-0.2, 0) is 6.42 Å². The van der Waals surface area contributed by atoms with E-state index in [1.807, 2.05) is 13.0 Å². The van der Waals surface area contributed by atoms with Crippen LogP contribution in [0.1, 0.15) is 34.3 Å². The van der Waals surface area contributed by atoms with Gasteiger partial charge >= 0.3 is 0 Å². The molecule has 0 saturated heterocycles. The van der Waals surface area contributed by atoms with Crippen molar-refractivity contribution in [3.05, 3.63) is 22.8 Å². The summed E-state index contributed by atoms with van der Waals surface area (Å²) in [5.41, 5.74) is 2.78. The third-order valence-corrected chi connectivity index (χ3v) is 3.14. The molecule has 3 nitrogen and oxygen atoms in total. The van der Waals surface area contributed by atoms with Gasteiger partial charge in [-0.15, -0.1) is 0 Å². The molecule has 0 aromatic heterocycles. The van der Waals surface area contributed by atoms with Gasteiger partial charge in [0.2, 0.25) is 0 Å². The molecule has 0 aliphatic heterocycles. The van der Waals surface area contributed by atoms with Crippen molar-refractivity contribution in [2.45, 2.75) is 26.2 Å². The van der Waals surface area contributed by atoms with Gasteiger partial charge in [-0.2, -0.15) is 0 Å². The maximum absolute atomic E-state index is 11.8. The summed E-state index contributed by atoms with van der Waals surface area (Å²) >= 11 is 0. The highest BCUT2D eigenvalue weighted by molar-refractivity contribution is 5.99. The van der Waals surface area contributed by atoms with Crippen molar-refractivity contribution in [2.24, 2.45) is 0 Å². The lowest BCUT2D eigenvalue weighted by molar-refractivity contribution is 0.0971. The lowest BCUT2D eigenvalue weighted by Crippen LogP contribution is -2.13. The van der Waals surface area contributed by atoms with Crippen molar-refractivity contribution in [3.63, 3.8) is 0 Å². The molecule has 1 aromatic carbocycles. The minimum absolute atomic E-state index is 0.192. The standard InChI is InChI=1S/C13H16O3/c1-8-12(15-2)7-10-9(13(8)16-3)5-4-6-11(10)14/h7H,4-6H2,1-3H3. The smallest absolute Gasteiger partial charge is 0.163 e. The largest absolute Gasteiger partial charge is 0.496 e. The summed E-state index contributed by atoms with van der Waals surface area (Å²) in [5.74, 6) is 1.73. The molecule has 0 atom stereocenters. The highest BCUT2D eigenvalue weighted by Gasteiger charge is 2.24. The summed E-state index contributed by atoms with van der Waals surface area (Å²) in [4.78, 5) is 11.8. The van der Waals surface area contributed by atoms with Gasteiger partial charge in [-0.05, 0) is 25.8 Å². The summed E-state index contributed by atoms with van der Waals surface area (Å²) in [6.45, 7) is 1.96. The molecule has 1 aliphatic carbocycles. The zero-order valence-corrected chi connectivity index (χ0v) is 9.92. The Morgan fingerprint density at radius 3 is 2.56 bits per heavy atom. The number of benzene rings is 1. The van der Waals surface area contributed by atoms with Crippen LogP contribution in [0, 0.1) is 6.92 Å². The van der Waals surface area contributed by atoms with Gasteiger partial charge in [-0.1, -0.05) is 0 Å². The maximum Gasteiger partial charge on any atom is 0.163 e. The topological polar surface area (TPSA) is 35.5 Å². The van der Waals surface area contributed by atoms with Crippen LogP contribution in [0.15, 0.2) is 6.07 Å². The molecule has 1 aliphatic rings. The fourth-order valence-corrected chi connectivity index (χ4v) is 2.33. The zero-order chi connectivity index (χ0) is 11.7. The van der Waals surface area contributed by atoms with Crippen molar-refractivity contribution < 1.29 is 14.3 Å². The Bertz CT molecular complexity index is 435. The highest BCUT2D eigenvalue weighted by Crippen LogP contribution is 2.37. The van der Waals surface area contributed by atoms with Crippen LogP contribution in [0.2, 0.25) is 0 Å². The minimum Gasteiger partial charge on any atom is -0.496 e. The van der Waals surface area contributed by atoms with Gasteiger partial charge in [0, 0.05) is 23.1 Å². The number of hydrogen-bond acceptors (Lipinski definition) is 3. The van der Waals surface area contributed by atoms with Crippen LogP contribution in [0.25, 0.3) is 0 Å². The molecule has 0 amide bonds. The van der Waals surface area contributed by atoms with E-state index in [4.69, 9.17) is 9.47 Å².